The molecule has 1 aromatic rings. The van der Waals surface area contributed by atoms with E-state index in [1.807, 2.05) is 19.9 Å². The molecule has 3 heteroatoms. The lowest BCUT2D eigenvalue weighted by molar-refractivity contribution is 0.437. The van der Waals surface area contributed by atoms with E-state index >= 15 is 0 Å². The van der Waals surface area contributed by atoms with Gasteiger partial charge in [0, 0.05) is 17.8 Å². The van der Waals surface area contributed by atoms with Crippen molar-refractivity contribution in [3.05, 3.63) is 17.6 Å². The van der Waals surface area contributed by atoms with Gasteiger partial charge in [-0.15, -0.1) is 0 Å². The van der Waals surface area contributed by atoms with Crippen LogP contribution in [0.3, 0.4) is 0 Å². The number of nitrogens with one attached hydrogen (secondary N) is 1. The fraction of sp³-hybridized carbons (Fsp3) is 0.692. The minimum absolute atomic E-state index is 0.462. The number of aryl methyl sites for hydroxylation is 2. The van der Waals surface area contributed by atoms with Crippen molar-refractivity contribution in [1.29, 1.82) is 0 Å². The second-order valence-corrected chi connectivity index (χ2v) is 4.45. The second-order valence-electron chi connectivity index (χ2n) is 4.45. The Morgan fingerprint density at radius 3 is 2.31 bits per heavy atom. The van der Waals surface area contributed by atoms with E-state index in [4.69, 9.17) is 0 Å². The van der Waals surface area contributed by atoms with Gasteiger partial charge in [0.2, 0.25) is 0 Å². The van der Waals surface area contributed by atoms with Crippen molar-refractivity contribution in [3.8, 4) is 0 Å². The third-order valence-corrected chi connectivity index (χ3v) is 3.10. The Balaban J connectivity index is 2.72. The monoisotopic (exact) mass is 221 g/mol. The lowest BCUT2D eigenvalue weighted by atomic mass is 9.95. The summed E-state index contributed by atoms with van der Waals surface area (Å²) in [7, 11) is 0. The van der Waals surface area contributed by atoms with Crippen molar-refractivity contribution < 1.29 is 0 Å². The molecule has 0 aliphatic carbocycles. The highest BCUT2D eigenvalue weighted by molar-refractivity contribution is 5.36. The van der Waals surface area contributed by atoms with E-state index in [0.29, 0.717) is 12.0 Å². The summed E-state index contributed by atoms with van der Waals surface area (Å²) in [6, 6.07) is 2.47. The Hall–Kier alpha value is -1.12. The Morgan fingerprint density at radius 2 is 1.81 bits per heavy atom. The number of rotatable bonds is 5. The third-order valence-electron chi connectivity index (χ3n) is 3.10. The maximum Gasteiger partial charge on any atom is 0.130 e. The van der Waals surface area contributed by atoms with Crippen molar-refractivity contribution in [2.75, 3.05) is 5.32 Å². The Morgan fingerprint density at radius 1 is 1.19 bits per heavy atom. The predicted molar refractivity (Wildman–Crippen MR) is 68.7 cm³/mol. The van der Waals surface area contributed by atoms with Crippen molar-refractivity contribution in [2.45, 2.75) is 53.5 Å². The summed E-state index contributed by atoms with van der Waals surface area (Å²) in [5.74, 6) is 2.49. The van der Waals surface area contributed by atoms with Crippen LogP contribution in [0.4, 0.5) is 5.82 Å². The van der Waals surface area contributed by atoms with E-state index in [0.717, 1.165) is 17.3 Å². The highest BCUT2D eigenvalue weighted by Crippen LogP contribution is 2.17. The van der Waals surface area contributed by atoms with Gasteiger partial charge < -0.3 is 5.32 Å². The summed E-state index contributed by atoms with van der Waals surface area (Å²) in [6.07, 6.45) is 2.40. The van der Waals surface area contributed by atoms with Crippen LogP contribution in [-0.4, -0.2) is 16.0 Å². The van der Waals surface area contributed by atoms with Gasteiger partial charge in [0.15, 0.2) is 0 Å². The molecule has 90 valence electrons. The van der Waals surface area contributed by atoms with Crippen molar-refractivity contribution in [2.24, 2.45) is 5.92 Å². The minimum atomic E-state index is 0.462. The summed E-state index contributed by atoms with van der Waals surface area (Å²) in [5, 5.41) is 3.47. The number of hydrogen-bond acceptors (Lipinski definition) is 3. The molecule has 0 saturated heterocycles. The van der Waals surface area contributed by atoms with Gasteiger partial charge >= 0.3 is 0 Å². The number of nitrogens with zero attached hydrogens (tertiary/aromatic N) is 2. The van der Waals surface area contributed by atoms with Crippen LogP contribution >= 0.6 is 0 Å². The molecule has 0 amide bonds. The van der Waals surface area contributed by atoms with Gasteiger partial charge in [-0.2, -0.15) is 0 Å². The van der Waals surface area contributed by atoms with Crippen LogP contribution in [0.1, 0.15) is 45.1 Å². The summed E-state index contributed by atoms with van der Waals surface area (Å²) in [5.41, 5.74) is 1.02. The molecule has 0 saturated carbocycles. The van der Waals surface area contributed by atoms with Crippen LogP contribution in [0.15, 0.2) is 6.07 Å². The van der Waals surface area contributed by atoms with Crippen LogP contribution < -0.4 is 5.32 Å². The molecule has 0 spiro atoms. The fourth-order valence-corrected chi connectivity index (χ4v) is 2.14. The summed E-state index contributed by atoms with van der Waals surface area (Å²) < 4.78 is 0. The average molecular weight is 221 g/mol. The fourth-order valence-electron chi connectivity index (χ4n) is 2.14. The van der Waals surface area contributed by atoms with E-state index in [1.54, 1.807) is 0 Å². The molecule has 0 bridgehead atoms. The smallest absolute Gasteiger partial charge is 0.130 e. The molecule has 1 heterocycles. The molecule has 16 heavy (non-hydrogen) atoms. The van der Waals surface area contributed by atoms with Gasteiger partial charge in [-0.05, 0) is 26.7 Å². The van der Waals surface area contributed by atoms with Crippen LogP contribution in [0.2, 0.25) is 0 Å². The zero-order chi connectivity index (χ0) is 12.1. The summed E-state index contributed by atoms with van der Waals surface area (Å²) >= 11 is 0. The van der Waals surface area contributed by atoms with E-state index in [2.05, 4.69) is 36.1 Å². The molecule has 1 N–H and O–H groups in total. The van der Waals surface area contributed by atoms with Crippen molar-refractivity contribution >= 4 is 5.82 Å². The first-order valence-electron chi connectivity index (χ1n) is 6.15. The Bertz CT molecular complexity index is 312. The molecule has 0 aromatic carbocycles. The van der Waals surface area contributed by atoms with Gasteiger partial charge in [-0.25, -0.2) is 9.97 Å². The number of hydrogen-bond donors (Lipinski definition) is 1. The van der Waals surface area contributed by atoms with E-state index in [9.17, 15) is 0 Å². The average Bonchev–Trinajstić information content (AvgIpc) is 2.17. The first-order valence-corrected chi connectivity index (χ1v) is 6.15. The number of anilines is 1. The van der Waals surface area contributed by atoms with Crippen molar-refractivity contribution in [1.82, 2.24) is 9.97 Å². The van der Waals surface area contributed by atoms with E-state index in [1.165, 1.54) is 12.8 Å². The van der Waals surface area contributed by atoms with Crippen LogP contribution in [0, 0.1) is 19.8 Å². The summed E-state index contributed by atoms with van der Waals surface area (Å²) in [4.78, 5) is 8.68. The van der Waals surface area contributed by atoms with E-state index in [-0.39, 0.29) is 0 Å². The van der Waals surface area contributed by atoms with E-state index < -0.39 is 0 Å². The first kappa shape index (κ1) is 12.9. The number of aromatic nitrogens is 2. The molecule has 1 atom stereocenters. The molecule has 0 fully saturated rings. The van der Waals surface area contributed by atoms with Gasteiger partial charge in [0.05, 0.1) is 0 Å². The lowest BCUT2D eigenvalue weighted by Crippen LogP contribution is -2.25. The molecule has 1 unspecified atom stereocenters. The highest BCUT2D eigenvalue weighted by Gasteiger charge is 2.13. The normalized spacial score (nSPS) is 12.9. The zero-order valence-corrected chi connectivity index (χ0v) is 11.0. The Labute approximate surface area is 98.7 Å². The molecule has 0 aliphatic heterocycles. The maximum absolute atomic E-state index is 4.40. The largest absolute Gasteiger partial charge is 0.367 e. The van der Waals surface area contributed by atoms with Gasteiger partial charge in [-0.3, -0.25) is 0 Å². The molecular weight excluding hydrogens is 198 g/mol. The third kappa shape index (κ3) is 3.47. The van der Waals surface area contributed by atoms with Crippen LogP contribution in [-0.2, 0) is 0 Å². The molecule has 1 aromatic heterocycles. The molecule has 1 rings (SSSR count). The Kier molecular flexibility index (Phi) is 4.71. The highest BCUT2D eigenvalue weighted by atomic mass is 15.0. The molecule has 3 nitrogen and oxygen atoms in total. The first-order chi connectivity index (χ1) is 7.56. The van der Waals surface area contributed by atoms with Crippen LogP contribution in [0.5, 0.6) is 0 Å². The standard InChI is InChI=1S/C13H23N3/c1-6-12(7-2)10(4)15-13-8-9(3)14-11(5)16-13/h8,10,12H,6-7H2,1-5H3,(H,14,15,16). The predicted octanol–water partition coefficient (Wildman–Crippen LogP) is 3.33. The maximum atomic E-state index is 4.40. The second kappa shape index (κ2) is 5.83. The lowest BCUT2D eigenvalue weighted by Gasteiger charge is -2.23. The van der Waals surface area contributed by atoms with Crippen molar-refractivity contribution in [3.63, 3.8) is 0 Å². The molecule has 0 radical (unpaired) electrons. The van der Waals surface area contributed by atoms with Gasteiger partial charge in [0.1, 0.15) is 11.6 Å². The SMILES string of the molecule is CCC(CC)C(C)Nc1cc(C)nc(C)n1. The van der Waals surface area contributed by atoms with Gasteiger partial charge in [0.25, 0.3) is 0 Å². The zero-order valence-electron chi connectivity index (χ0n) is 11.0. The quantitative estimate of drug-likeness (QED) is 0.828. The van der Waals surface area contributed by atoms with Gasteiger partial charge in [-0.1, -0.05) is 26.7 Å². The molecule has 0 aliphatic rings. The minimum Gasteiger partial charge on any atom is -0.367 e. The summed E-state index contributed by atoms with van der Waals surface area (Å²) in [6.45, 7) is 10.6. The van der Waals surface area contributed by atoms with Crippen LogP contribution in [0.25, 0.3) is 0 Å². The molecular formula is C13H23N3. The topological polar surface area (TPSA) is 37.8 Å².